The van der Waals surface area contributed by atoms with E-state index in [9.17, 15) is 18.4 Å². The van der Waals surface area contributed by atoms with E-state index < -0.39 is 17.5 Å². The number of carbonyl (C=O) groups excluding carboxylic acids is 2. The second kappa shape index (κ2) is 7.88. The summed E-state index contributed by atoms with van der Waals surface area (Å²) >= 11 is 0. The van der Waals surface area contributed by atoms with Crippen molar-refractivity contribution in [3.05, 3.63) is 59.7 Å². The van der Waals surface area contributed by atoms with Crippen LogP contribution in [0.4, 0.5) is 20.2 Å². The summed E-state index contributed by atoms with van der Waals surface area (Å²) in [5, 5.41) is 2.35. The van der Waals surface area contributed by atoms with Gasteiger partial charge in [-0.3, -0.25) is 9.59 Å². The molecule has 0 aliphatic heterocycles. The van der Waals surface area contributed by atoms with Crippen LogP contribution in [0.25, 0.3) is 0 Å². The van der Waals surface area contributed by atoms with E-state index in [-0.39, 0.29) is 18.1 Å². The van der Waals surface area contributed by atoms with Crippen LogP contribution >= 0.6 is 0 Å². The number of hydrogen-bond acceptors (Lipinski definition) is 2. The topological polar surface area (TPSA) is 49.4 Å². The average Bonchev–Trinajstić information content (AvgIpc) is 2.55. The lowest BCUT2D eigenvalue weighted by molar-refractivity contribution is -0.120. The first kappa shape index (κ1) is 18.6. The Labute approximate surface area is 145 Å². The summed E-state index contributed by atoms with van der Waals surface area (Å²) in [6.45, 7) is 5.19. The smallest absolute Gasteiger partial charge is 0.244 e. The Morgan fingerprint density at radius 1 is 1.08 bits per heavy atom. The minimum Gasteiger partial charge on any atom is -0.322 e. The molecule has 2 amide bonds. The third-order valence-electron chi connectivity index (χ3n) is 3.76. The van der Waals surface area contributed by atoms with Crippen LogP contribution in [0.1, 0.15) is 32.3 Å². The van der Waals surface area contributed by atoms with Gasteiger partial charge in [0, 0.05) is 18.7 Å². The molecule has 0 bridgehead atoms. The van der Waals surface area contributed by atoms with Gasteiger partial charge in [0.2, 0.25) is 11.8 Å². The van der Waals surface area contributed by atoms with Gasteiger partial charge in [0.1, 0.15) is 18.2 Å². The van der Waals surface area contributed by atoms with E-state index >= 15 is 0 Å². The second-order valence-corrected chi connectivity index (χ2v) is 6.02. The normalized spacial score (nSPS) is 10.6. The molecule has 0 aromatic heterocycles. The number of rotatable bonds is 5. The Morgan fingerprint density at radius 3 is 2.24 bits per heavy atom. The molecule has 6 heteroatoms. The minimum atomic E-state index is -0.871. The molecule has 4 nitrogen and oxygen atoms in total. The molecule has 2 rings (SSSR count). The van der Waals surface area contributed by atoms with Crippen LogP contribution in [0.15, 0.2) is 42.5 Å². The molecule has 0 atom stereocenters. The van der Waals surface area contributed by atoms with Gasteiger partial charge in [-0.05, 0) is 35.7 Å². The van der Waals surface area contributed by atoms with Gasteiger partial charge in [0.25, 0.3) is 0 Å². The molecule has 0 unspecified atom stereocenters. The Bertz CT molecular complexity index is 773. The molecule has 2 aromatic rings. The standard InChI is InChI=1S/C19H20F2N2O2/c1-12(2)14-4-7-16(8-5-14)23(13(3)24)11-19(25)22-18-9-6-15(20)10-17(18)21/h4-10,12H,11H2,1-3H3,(H,22,25). The maximum Gasteiger partial charge on any atom is 0.244 e. The fraction of sp³-hybridized carbons (Fsp3) is 0.263. The number of carbonyl (C=O) groups is 2. The molecule has 0 fully saturated rings. The van der Waals surface area contributed by atoms with E-state index in [2.05, 4.69) is 19.2 Å². The van der Waals surface area contributed by atoms with Crippen LogP contribution in [0, 0.1) is 11.6 Å². The number of halogens is 2. The summed E-state index contributed by atoms with van der Waals surface area (Å²) in [6.07, 6.45) is 0. The lowest BCUT2D eigenvalue weighted by Gasteiger charge is -2.21. The van der Waals surface area contributed by atoms with Crippen LogP contribution in [0.5, 0.6) is 0 Å². The molecule has 1 N–H and O–H groups in total. The van der Waals surface area contributed by atoms with Gasteiger partial charge in [-0.25, -0.2) is 8.78 Å². The van der Waals surface area contributed by atoms with E-state index in [0.29, 0.717) is 17.7 Å². The number of nitrogens with one attached hydrogen (secondary N) is 1. The van der Waals surface area contributed by atoms with E-state index in [0.717, 1.165) is 17.7 Å². The Morgan fingerprint density at radius 2 is 1.72 bits per heavy atom. The SMILES string of the molecule is CC(=O)N(CC(=O)Nc1ccc(F)cc1F)c1ccc(C(C)C)cc1. The van der Waals surface area contributed by atoms with Crippen molar-refractivity contribution in [2.45, 2.75) is 26.7 Å². The van der Waals surface area contributed by atoms with Crippen molar-refractivity contribution in [3.8, 4) is 0 Å². The zero-order valence-corrected chi connectivity index (χ0v) is 14.3. The summed E-state index contributed by atoms with van der Waals surface area (Å²) in [6, 6.07) is 10.2. The summed E-state index contributed by atoms with van der Waals surface area (Å²) in [5.41, 5.74) is 1.56. The zero-order valence-electron chi connectivity index (χ0n) is 14.3. The Kier molecular flexibility index (Phi) is 5.85. The van der Waals surface area contributed by atoms with Crippen molar-refractivity contribution in [1.82, 2.24) is 0 Å². The van der Waals surface area contributed by atoms with E-state index in [1.54, 1.807) is 12.1 Å². The highest BCUT2D eigenvalue weighted by atomic mass is 19.1. The average molecular weight is 346 g/mol. The molecule has 0 aliphatic carbocycles. The monoisotopic (exact) mass is 346 g/mol. The lowest BCUT2D eigenvalue weighted by Crippen LogP contribution is -2.36. The van der Waals surface area contributed by atoms with Crippen molar-refractivity contribution in [3.63, 3.8) is 0 Å². The molecule has 0 aliphatic rings. The minimum absolute atomic E-state index is 0.134. The number of anilines is 2. The largest absolute Gasteiger partial charge is 0.322 e. The first-order valence-corrected chi connectivity index (χ1v) is 7.91. The van der Waals surface area contributed by atoms with Crippen LogP contribution < -0.4 is 10.2 Å². The molecular weight excluding hydrogens is 326 g/mol. The molecule has 25 heavy (non-hydrogen) atoms. The molecule has 0 saturated carbocycles. The maximum absolute atomic E-state index is 13.6. The first-order valence-electron chi connectivity index (χ1n) is 7.91. The highest BCUT2D eigenvalue weighted by molar-refractivity contribution is 6.01. The van der Waals surface area contributed by atoms with Gasteiger partial charge in [-0.1, -0.05) is 26.0 Å². The number of hydrogen-bond donors (Lipinski definition) is 1. The fourth-order valence-electron chi connectivity index (χ4n) is 2.35. The Hall–Kier alpha value is -2.76. The van der Waals surface area contributed by atoms with Gasteiger partial charge in [0.15, 0.2) is 0 Å². The number of amides is 2. The van der Waals surface area contributed by atoms with E-state index in [4.69, 9.17) is 0 Å². The third kappa shape index (κ3) is 4.86. The maximum atomic E-state index is 13.6. The first-order chi connectivity index (χ1) is 11.8. The summed E-state index contributed by atoms with van der Waals surface area (Å²) < 4.78 is 26.5. The Balaban J connectivity index is 2.12. The molecule has 0 heterocycles. The highest BCUT2D eigenvalue weighted by Gasteiger charge is 2.17. The van der Waals surface area contributed by atoms with Crippen molar-refractivity contribution in [1.29, 1.82) is 0 Å². The summed E-state index contributed by atoms with van der Waals surface area (Å²) in [5.74, 6) is -2.14. The van der Waals surface area contributed by atoms with Crippen molar-refractivity contribution < 1.29 is 18.4 Å². The van der Waals surface area contributed by atoms with Crippen LogP contribution in [-0.4, -0.2) is 18.4 Å². The van der Waals surface area contributed by atoms with Crippen LogP contribution in [0.2, 0.25) is 0 Å². The fourth-order valence-corrected chi connectivity index (χ4v) is 2.35. The molecule has 0 spiro atoms. The molecule has 132 valence electrons. The molecule has 0 saturated heterocycles. The number of nitrogens with zero attached hydrogens (tertiary/aromatic N) is 1. The molecule has 0 radical (unpaired) electrons. The van der Waals surface area contributed by atoms with Crippen LogP contribution in [-0.2, 0) is 9.59 Å². The predicted molar refractivity (Wildman–Crippen MR) is 93.5 cm³/mol. The van der Waals surface area contributed by atoms with Crippen molar-refractivity contribution in [2.24, 2.45) is 0 Å². The quantitative estimate of drug-likeness (QED) is 0.887. The summed E-state index contributed by atoms with van der Waals surface area (Å²) in [7, 11) is 0. The highest BCUT2D eigenvalue weighted by Crippen LogP contribution is 2.21. The van der Waals surface area contributed by atoms with Gasteiger partial charge in [-0.15, -0.1) is 0 Å². The van der Waals surface area contributed by atoms with Crippen molar-refractivity contribution in [2.75, 3.05) is 16.8 Å². The van der Waals surface area contributed by atoms with Crippen LogP contribution in [0.3, 0.4) is 0 Å². The van der Waals surface area contributed by atoms with Gasteiger partial charge in [0.05, 0.1) is 5.69 Å². The van der Waals surface area contributed by atoms with E-state index in [1.165, 1.54) is 11.8 Å². The number of benzene rings is 2. The lowest BCUT2D eigenvalue weighted by atomic mass is 10.0. The van der Waals surface area contributed by atoms with Crippen molar-refractivity contribution >= 4 is 23.2 Å². The van der Waals surface area contributed by atoms with Gasteiger partial charge >= 0.3 is 0 Å². The van der Waals surface area contributed by atoms with E-state index in [1.807, 2.05) is 12.1 Å². The van der Waals surface area contributed by atoms with Gasteiger partial charge < -0.3 is 10.2 Å². The zero-order chi connectivity index (χ0) is 18.6. The second-order valence-electron chi connectivity index (χ2n) is 6.02. The third-order valence-corrected chi connectivity index (χ3v) is 3.76. The molecule has 2 aromatic carbocycles. The van der Waals surface area contributed by atoms with Gasteiger partial charge in [-0.2, -0.15) is 0 Å². The summed E-state index contributed by atoms with van der Waals surface area (Å²) in [4.78, 5) is 25.3. The molecular formula is C19H20F2N2O2. The predicted octanol–water partition coefficient (Wildman–Crippen LogP) is 4.08.